The van der Waals surface area contributed by atoms with Gasteiger partial charge in [0.1, 0.15) is 0 Å². The Bertz CT molecular complexity index is 376. The second-order valence-electron chi connectivity index (χ2n) is 3.76. The maximum absolute atomic E-state index is 11.4. The summed E-state index contributed by atoms with van der Waals surface area (Å²) >= 11 is 3.43. The van der Waals surface area contributed by atoms with Crippen LogP contribution in [0.1, 0.15) is 24.8 Å². The third kappa shape index (κ3) is 2.40. The summed E-state index contributed by atoms with van der Waals surface area (Å²) in [5.74, 6) is 0.392. The lowest BCUT2D eigenvalue weighted by Gasteiger charge is -2.01. The van der Waals surface area contributed by atoms with Gasteiger partial charge in [-0.1, -0.05) is 28.1 Å². The number of hydrogen-bond acceptors (Lipinski definition) is 2. The summed E-state index contributed by atoms with van der Waals surface area (Å²) in [4.78, 5) is 11.4. The van der Waals surface area contributed by atoms with E-state index in [9.17, 15) is 4.79 Å². The summed E-state index contributed by atoms with van der Waals surface area (Å²) in [6.45, 7) is 2.31. The summed E-state index contributed by atoms with van der Waals surface area (Å²) in [5, 5.41) is 0. The van der Waals surface area contributed by atoms with Crippen LogP contribution in [0.5, 0.6) is 0 Å². The molecule has 0 saturated heterocycles. The lowest BCUT2D eigenvalue weighted by Crippen LogP contribution is -2.07. The van der Waals surface area contributed by atoms with Crippen LogP contribution in [-0.4, -0.2) is 12.6 Å². The molecule has 80 valence electrons. The fraction of sp³-hybridized carbons (Fsp3) is 0.417. The van der Waals surface area contributed by atoms with Crippen LogP contribution in [0.3, 0.4) is 0 Å². The van der Waals surface area contributed by atoms with Gasteiger partial charge in [0, 0.05) is 4.47 Å². The molecule has 0 spiro atoms. The van der Waals surface area contributed by atoms with Crippen molar-refractivity contribution < 1.29 is 9.53 Å². The van der Waals surface area contributed by atoms with Crippen molar-refractivity contribution in [3.8, 4) is 0 Å². The first-order chi connectivity index (χ1) is 7.22. The summed E-state index contributed by atoms with van der Waals surface area (Å²) in [5.41, 5.74) is 1.22. The minimum Gasteiger partial charge on any atom is -0.466 e. The first-order valence-corrected chi connectivity index (χ1v) is 5.93. The Labute approximate surface area is 97.8 Å². The fourth-order valence-electron chi connectivity index (χ4n) is 1.81. The molecule has 3 heteroatoms. The van der Waals surface area contributed by atoms with Gasteiger partial charge in [-0.3, -0.25) is 4.79 Å². The van der Waals surface area contributed by atoms with Crippen LogP contribution < -0.4 is 0 Å². The Morgan fingerprint density at radius 3 is 3.07 bits per heavy atom. The molecule has 2 nitrogen and oxygen atoms in total. The SMILES string of the molecule is CCOC(=O)[C@@H]1CC1c1cccc(Br)c1. The molecular formula is C12H13BrO2. The molecule has 2 rings (SSSR count). The topological polar surface area (TPSA) is 26.3 Å². The monoisotopic (exact) mass is 268 g/mol. The van der Waals surface area contributed by atoms with Crippen molar-refractivity contribution in [3.63, 3.8) is 0 Å². The van der Waals surface area contributed by atoms with E-state index in [2.05, 4.69) is 28.1 Å². The Morgan fingerprint density at radius 1 is 1.60 bits per heavy atom. The average Bonchev–Trinajstić information content (AvgIpc) is 2.97. The molecule has 1 aliphatic rings. The molecule has 1 aliphatic carbocycles. The Kier molecular flexibility index (Phi) is 3.10. The summed E-state index contributed by atoms with van der Waals surface area (Å²) in [7, 11) is 0. The molecule has 0 amide bonds. The molecule has 0 N–H and O–H groups in total. The zero-order valence-corrected chi connectivity index (χ0v) is 10.2. The maximum atomic E-state index is 11.4. The van der Waals surface area contributed by atoms with Crippen LogP contribution in [0.4, 0.5) is 0 Å². The van der Waals surface area contributed by atoms with Gasteiger partial charge >= 0.3 is 5.97 Å². The van der Waals surface area contributed by atoms with Gasteiger partial charge in [0.2, 0.25) is 0 Å². The number of carbonyl (C=O) groups excluding carboxylic acids is 1. The number of halogens is 1. The maximum Gasteiger partial charge on any atom is 0.309 e. The van der Waals surface area contributed by atoms with Gasteiger partial charge in [0.05, 0.1) is 12.5 Å². The van der Waals surface area contributed by atoms with Crippen molar-refractivity contribution in [2.45, 2.75) is 19.3 Å². The Hall–Kier alpha value is -0.830. The quantitative estimate of drug-likeness (QED) is 0.788. The minimum absolute atomic E-state index is 0.0533. The van der Waals surface area contributed by atoms with Crippen LogP contribution >= 0.6 is 15.9 Å². The molecule has 15 heavy (non-hydrogen) atoms. The highest BCUT2D eigenvalue weighted by atomic mass is 79.9. The molecule has 0 aromatic heterocycles. The number of hydrogen-bond donors (Lipinski definition) is 0. The van der Waals surface area contributed by atoms with E-state index in [-0.39, 0.29) is 11.9 Å². The largest absolute Gasteiger partial charge is 0.466 e. The second-order valence-corrected chi connectivity index (χ2v) is 4.67. The van der Waals surface area contributed by atoms with Gasteiger partial charge in [-0.2, -0.15) is 0 Å². The standard InChI is InChI=1S/C12H13BrO2/c1-2-15-12(14)11-7-10(11)8-4-3-5-9(13)6-8/h3-6,10-11H,2,7H2,1H3/t10?,11-/m1/s1. The molecule has 1 fully saturated rings. The summed E-state index contributed by atoms with van der Waals surface area (Å²) in [6.07, 6.45) is 0.926. The van der Waals surface area contributed by atoms with Crippen molar-refractivity contribution in [1.82, 2.24) is 0 Å². The molecule has 0 radical (unpaired) electrons. The second kappa shape index (κ2) is 4.35. The van der Waals surface area contributed by atoms with E-state index >= 15 is 0 Å². The number of ether oxygens (including phenoxy) is 1. The third-order valence-corrected chi connectivity index (χ3v) is 3.15. The Morgan fingerprint density at radius 2 is 2.40 bits per heavy atom. The number of carbonyl (C=O) groups is 1. The van der Waals surface area contributed by atoms with E-state index in [4.69, 9.17) is 4.74 Å². The predicted octanol–water partition coefficient (Wildman–Crippen LogP) is 3.12. The van der Waals surface area contributed by atoms with E-state index in [1.807, 2.05) is 19.1 Å². The van der Waals surface area contributed by atoms with Crippen molar-refractivity contribution in [2.24, 2.45) is 5.92 Å². The van der Waals surface area contributed by atoms with Crippen molar-refractivity contribution in [1.29, 1.82) is 0 Å². The first kappa shape index (κ1) is 10.7. The first-order valence-electron chi connectivity index (χ1n) is 5.14. The lowest BCUT2D eigenvalue weighted by molar-refractivity contribution is -0.144. The van der Waals surface area contributed by atoms with Crippen molar-refractivity contribution >= 4 is 21.9 Å². The lowest BCUT2D eigenvalue weighted by atomic mass is 10.1. The molecule has 1 aromatic rings. The highest BCUT2D eigenvalue weighted by Crippen LogP contribution is 2.48. The fourth-order valence-corrected chi connectivity index (χ4v) is 2.23. The highest BCUT2D eigenvalue weighted by molar-refractivity contribution is 9.10. The van der Waals surface area contributed by atoms with Crippen LogP contribution in [0.2, 0.25) is 0 Å². The average molecular weight is 269 g/mol. The predicted molar refractivity (Wildman–Crippen MR) is 61.6 cm³/mol. The van der Waals surface area contributed by atoms with Crippen molar-refractivity contribution in [3.05, 3.63) is 34.3 Å². The van der Waals surface area contributed by atoms with Crippen LogP contribution in [0, 0.1) is 5.92 Å². The summed E-state index contributed by atoms with van der Waals surface area (Å²) in [6, 6.07) is 8.13. The van der Waals surface area contributed by atoms with E-state index in [0.717, 1.165) is 10.9 Å². The van der Waals surface area contributed by atoms with E-state index in [1.54, 1.807) is 0 Å². The number of rotatable bonds is 3. The molecule has 1 unspecified atom stereocenters. The van der Waals surface area contributed by atoms with Crippen LogP contribution in [-0.2, 0) is 9.53 Å². The van der Waals surface area contributed by atoms with E-state index in [1.165, 1.54) is 5.56 Å². The zero-order chi connectivity index (χ0) is 10.8. The smallest absolute Gasteiger partial charge is 0.309 e. The number of esters is 1. The van der Waals surface area contributed by atoms with Gasteiger partial charge in [0.15, 0.2) is 0 Å². The van der Waals surface area contributed by atoms with Gasteiger partial charge in [-0.05, 0) is 37.0 Å². The third-order valence-electron chi connectivity index (χ3n) is 2.66. The molecule has 0 bridgehead atoms. The van der Waals surface area contributed by atoms with E-state index in [0.29, 0.717) is 12.5 Å². The van der Waals surface area contributed by atoms with Gasteiger partial charge in [-0.15, -0.1) is 0 Å². The van der Waals surface area contributed by atoms with Gasteiger partial charge in [-0.25, -0.2) is 0 Å². The highest BCUT2D eigenvalue weighted by Gasteiger charge is 2.45. The Balaban J connectivity index is 2.01. The number of benzene rings is 1. The van der Waals surface area contributed by atoms with Crippen LogP contribution in [0.25, 0.3) is 0 Å². The van der Waals surface area contributed by atoms with E-state index < -0.39 is 0 Å². The molecular weight excluding hydrogens is 256 g/mol. The minimum atomic E-state index is -0.0533. The molecule has 1 aromatic carbocycles. The van der Waals surface area contributed by atoms with Crippen molar-refractivity contribution in [2.75, 3.05) is 6.61 Å². The molecule has 1 saturated carbocycles. The zero-order valence-electron chi connectivity index (χ0n) is 8.57. The molecule has 0 heterocycles. The van der Waals surface area contributed by atoms with Gasteiger partial charge < -0.3 is 4.74 Å². The van der Waals surface area contributed by atoms with Gasteiger partial charge in [0.25, 0.3) is 0 Å². The summed E-state index contributed by atoms with van der Waals surface area (Å²) < 4.78 is 6.06. The normalized spacial score (nSPS) is 23.6. The molecule has 0 aliphatic heterocycles. The molecule has 2 atom stereocenters. The van der Waals surface area contributed by atoms with Crippen LogP contribution in [0.15, 0.2) is 28.7 Å².